The Morgan fingerprint density at radius 3 is 2.95 bits per heavy atom. The third-order valence-electron chi connectivity index (χ3n) is 3.47. The number of benzene rings is 1. The van der Waals surface area contributed by atoms with Gasteiger partial charge in [0.2, 0.25) is 5.91 Å². The summed E-state index contributed by atoms with van der Waals surface area (Å²) < 4.78 is 0. The second-order valence-corrected chi connectivity index (χ2v) is 5.42. The van der Waals surface area contributed by atoms with Crippen molar-refractivity contribution in [2.24, 2.45) is 0 Å². The number of para-hydroxylation sites is 1. The van der Waals surface area contributed by atoms with Gasteiger partial charge in [0.05, 0.1) is 6.10 Å². The number of fused-ring (bicyclic) bond motifs is 1. The fraction of sp³-hybridized carbons (Fsp3) is 0.533. The van der Waals surface area contributed by atoms with Gasteiger partial charge in [-0.2, -0.15) is 0 Å². The van der Waals surface area contributed by atoms with Gasteiger partial charge in [0.15, 0.2) is 0 Å². The number of nitrogens with one attached hydrogen (secondary N) is 2. The molecule has 0 radical (unpaired) electrons. The number of rotatable bonds is 5. The number of amides is 1. The summed E-state index contributed by atoms with van der Waals surface area (Å²) in [6.45, 7) is 4.48. The molecule has 1 amide bonds. The van der Waals surface area contributed by atoms with Crippen LogP contribution in [0.25, 0.3) is 0 Å². The van der Waals surface area contributed by atoms with Crippen LogP contribution in [0.15, 0.2) is 24.3 Å². The lowest BCUT2D eigenvalue weighted by molar-refractivity contribution is -0.122. The molecule has 19 heavy (non-hydrogen) atoms. The maximum Gasteiger partial charge on any atom is 0.220 e. The van der Waals surface area contributed by atoms with E-state index in [-0.39, 0.29) is 24.0 Å². The quantitative estimate of drug-likeness (QED) is 0.759. The molecule has 2 rings (SSSR count). The van der Waals surface area contributed by atoms with E-state index in [0.717, 1.165) is 12.2 Å². The van der Waals surface area contributed by atoms with E-state index in [2.05, 4.69) is 16.7 Å². The Hall–Kier alpha value is -1.55. The van der Waals surface area contributed by atoms with Crippen molar-refractivity contribution in [2.75, 3.05) is 11.9 Å². The average Bonchev–Trinajstić information content (AvgIpc) is 2.71. The standard InChI is InChI=1S/C15H22N2O2/c1-10(7-11(2)18)17-15(19)8-12-9-16-14-6-4-3-5-13(12)14/h3-6,10-12,16,18H,7-9H2,1-2H3,(H,17,19). The van der Waals surface area contributed by atoms with Gasteiger partial charge in [-0.3, -0.25) is 4.79 Å². The van der Waals surface area contributed by atoms with Crippen LogP contribution in [0.5, 0.6) is 0 Å². The number of carbonyl (C=O) groups excluding carboxylic acids is 1. The first-order chi connectivity index (χ1) is 9.06. The van der Waals surface area contributed by atoms with Crippen LogP contribution in [0.3, 0.4) is 0 Å². The second kappa shape index (κ2) is 6.06. The molecule has 0 saturated heterocycles. The van der Waals surface area contributed by atoms with Crippen molar-refractivity contribution in [3.63, 3.8) is 0 Å². The summed E-state index contributed by atoms with van der Waals surface area (Å²) in [4.78, 5) is 12.0. The molecular weight excluding hydrogens is 240 g/mol. The number of carbonyl (C=O) groups is 1. The minimum Gasteiger partial charge on any atom is -0.393 e. The maximum atomic E-state index is 12.0. The lowest BCUT2D eigenvalue weighted by atomic mass is 9.97. The first-order valence-electron chi connectivity index (χ1n) is 6.86. The molecule has 1 heterocycles. The van der Waals surface area contributed by atoms with Gasteiger partial charge in [0.25, 0.3) is 0 Å². The number of hydrogen-bond donors (Lipinski definition) is 3. The molecule has 4 heteroatoms. The first kappa shape index (κ1) is 13.9. The zero-order chi connectivity index (χ0) is 13.8. The van der Waals surface area contributed by atoms with Crippen molar-refractivity contribution in [3.8, 4) is 0 Å². The predicted octanol–water partition coefficient (Wildman–Crippen LogP) is 1.86. The van der Waals surface area contributed by atoms with E-state index in [4.69, 9.17) is 0 Å². The third-order valence-corrected chi connectivity index (χ3v) is 3.47. The van der Waals surface area contributed by atoms with Gasteiger partial charge in [-0.05, 0) is 31.9 Å². The molecule has 0 spiro atoms. The van der Waals surface area contributed by atoms with Crippen molar-refractivity contribution < 1.29 is 9.90 Å². The fourth-order valence-electron chi connectivity index (χ4n) is 2.67. The molecule has 0 aromatic heterocycles. The van der Waals surface area contributed by atoms with Crippen molar-refractivity contribution in [1.29, 1.82) is 0 Å². The fourth-order valence-corrected chi connectivity index (χ4v) is 2.67. The van der Waals surface area contributed by atoms with E-state index < -0.39 is 0 Å². The topological polar surface area (TPSA) is 61.4 Å². The summed E-state index contributed by atoms with van der Waals surface area (Å²) in [7, 11) is 0. The number of aliphatic hydroxyl groups excluding tert-OH is 1. The normalized spacial score (nSPS) is 20.3. The van der Waals surface area contributed by atoms with Crippen LogP contribution in [0.1, 0.15) is 38.2 Å². The summed E-state index contributed by atoms with van der Waals surface area (Å²) in [5.41, 5.74) is 2.36. The van der Waals surface area contributed by atoms with Gasteiger partial charge >= 0.3 is 0 Å². The van der Waals surface area contributed by atoms with Crippen LogP contribution in [0.4, 0.5) is 5.69 Å². The summed E-state index contributed by atoms with van der Waals surface area (Å²) in [6.07, 6.45) is 0.698. The highest BCUT2D eigenvalue weighted by Crippen LogP contribution is 2.33. The van der Waals surface area contributed by atoms with Gasteiger partial charge < -0.3 is 15.7 Å². The molecular formula is C15H22N2O2. The van der Waals surface area contributed by atoms with Crippen LogP contribution >= 0.6 is 0 Å². The molecule has 104 valence electrons. The third kappa shape index (κ3) is 3.70. The van der Waals surface area contributed by atoms with Crippen LogP contribution in [-0.4, -0.2) is 29.7 Å². The minimum atomic E-state index is -0.385. The molecule has 4 nitrogen and oxygen atoms in total. The lowest BCUT2D eigenvalue weighted by Crippen LogP contribution is -2.35. The highest BCUT2D eigenvalue weighted by Gasteiger charge is 2.24. The summed E-state index contributed by atoms with van der Waals surface area (Å²) in [5, 5.41) is 15.6. The zero-order valence-electron chi connectivity index (χ0n) is 11.5. The Morgan fingerprint density at radius 2 is 2.21 bits per heavy atom. The van der Waals surface area contributed by atoms with Gasteiger partial charge in [-0.15, -0.1) is 0 Å². The Labute approximate surface area is 114 Å². The predicted molar refractivity (Wildman–Crippen MR) is 76.2 cm³/mol. The van der Waals surface area contributed by atoms with E-state index >= 15 is 0 Å². The average molecular weight is 262 g/mol. The van der Waals surface area contributed by atoms with Crippen LogP contribution in [0, 0.1) is 0 Å². The Bertz CT molecular complexity index is 446. The SMILES string of the molecule is CC(O)CC(C)NC(=O)CC1CNc2ccccc21. The molecule has 1 aromatic rings. The molecule has 3 N–H and O–H groups in total. The molecule has 1 aliphatic rings. The van der Waals surface area contributed by atoms with E-state index in [1.165, 1.54) is 5.56 Å². The number of hydrogen-bond acceptors (Lipinski definition) is 3. The monoisotopic (exact) mass is 262 g/mol. The van der Waals surface area contributed by atoms with E-state index in [9.17, 15) is 9.90 Å². The molecule has 0 aliphatic carbocycles. The Kier molecular flexibility index (Phi) is 4.43. The molecule has 1 aromatic carbocycles. The molecule has 0 fully saturated rings. The summed E-state index contributed by atoms with van der Waals surface area (Å²) in [6, 6.07) is 8.14. The lowest BCUT2D eigenvalue weighted by Gasteiger charge is -2.17. The molecule has 1 aliphatic heterocycles. The van der Waals surface area contributed by atoms with Crippen molar-refractivity contribution in [2.45, 2.75) is 44.8 Å². The minimum absolute atomic E-state index is 0.0112. The maximum absolute atomic E-state index is 12.0. The molecule has 3 unspecified atom stereocenters. The van der Waals surface area contributed by atoms with Gasteiger partial charge in [0.1, 0.15) is 0 Å². The van der Waals surface area contributed by atoms with Crippen LogP contribution in [0.2, 0.25) is 0 Å². The molecule has 3 atom stereocenters. The van der Waals surface area contributed by atoms with Crippen LogP contribution in [-0.2, 0) is 4.79 Å². The second-order valence-electron chi connectivity index (χ2n) is 5.42. The highest BCUT2D eigenvalue weighted by atomic mass is 16.3. The highest BCUT2D eigenvalue weighted by molar-refractivity contribution is 5.78. The van der Waals surface area contributed by atoms with Gasteiger partial charge in [-0.1, -0.05) is 18.2 Å². The van der Waals surface area contributed by atoms with Crippen molar-refractivity contribution in [1.82, 2.24) is 5.32 Å². The largest absolute Gasteiger partial charge is 0.393 e. The van der Waals surface area contributed by atoms with Gasteiger partial charge in [-0.25, -0.2) is 0 Å². The summed E-state index contributed by atoms with van der Waals surface area (Å²) in [5.74, 6) is 0.298. The first-order valence-corrected chi connectivity index (χ1v) is 6.86. The smallest absolute Gasteiger partial charge is 0.220 e. The summed E-state index contributed by atoms with van der Waals surface area (Å²) >= 11 is 0. The van der Waals surface area contributed by atoms with Gasteiger partial charge in [0, 0.05) is 30.6 Å². The van der Waals surface area contributed by atoms with Crippen LogP contribution < -0.4 is 10.6 Å². The van der Waals surface area contributed by atoms with E-state index in [1.54, 1.807) is 6.92 Å². The Morgan fingerprint density at radius 1 is 1.47 bits per heavy atom. The van der Waals surface area contributed by atoms with E-state index in [0.29, 0.717) is 12.8 Å². The van der Waals surface area contributed by atoms with E-state index in [1.807, 2.05) is 25.1 Å². The van der Waals surface area contributed by atoms with Crippen molar-refractivity contribution >= 4 is 11.6 Å². The number of aliphatic hydroxyl groups is 1. The zero-order valence-corrected chi connectivity index (χ0v) is 11.5. The molecule has 0 bridgehead atoms. The van der Waals surface area contributed by atoms with Crippen molar-refractivity contribution in [3.05, 3.63) is 29.8 Å². The Balaban J connectivity index is 1.87. The number of anilines is 1. The molecule has 0 saturated carbocycles.